The number of sulfone groups is 1. The number of aryl methyl sites for hydroxylation is 1. The van der Waals surface area contributed by atoms with Gasteiger partial charge in [-0.05, 0) is 49.1 Å². The molecule has 0 aromatic heterocycles. The number of para-hydroxylation sites is 1. The van der Waals surface area contributed by atoms with Crippen LogP contribution in [0.1, 0.15) is 24.8 Å². The first-order chi connectivity index (χ1) is 12.9. The lowest BCUT2D eigenvalue weighted by Crippen LogP contribution is -2.40. The Bertz CT molecular complexity index is 864. The van der Waals surface area contributed by atoms with Gasteiger partial charge in [0, 0.05) is 37.5 Å². The van der Waals surface area contributed by atoms with Crippen LogP contribution in [0.3, 0.4) is 0 Å². The summed E-state index contributed by atoms with van der Waals surface area (Å²) in [4.78, 5) is 14.9. The number of hydrogen-bond donors (Lipinski definition) is 1. The fraction of sp³-hybridized carbons (Fsp3) is 0.381. The number of amides is 1. The van der Waals surface area contributed by atoms with Crippen molar-refractivity contribution in [3.05, 3.63) is 60.2 Å². The minimum Gasteiger partial charge on any atom is -0.367 e. The monoisotopic (exact) mass is 386 g/mol. The van der Waals surface area contributed by atoms with Crippen LogP contribution in [0, 0.1) is 0 Å². The summed E-state index contributed by atoms with van der Waals surface area (Å²) in [6.45, 7) is 1.68. The Labute approximate surface area is 161 Å². The van der Waals surface area contributed by atoms with Crippen LogP contribution in [0.15, 0.2) is 59.5 Å². The number of hydrogen-bond acceptors (Lipinski definition) is 4. The molecule has 1 atom stereocenters. The molecule has 0 bridgehead atoms. The highest BCUT2D eigenvalue weighted by Crippen LogP contribution is 2.24. The fourth-order valence-corrected chi connectivity index (χ4v) is 4.12. The molecule has 6 heteroatoms. The van der Waals surface area contributed by atoms with Crippen LogP contribution >= 0.6 is 0 Å². The van der Waals surface area contributed by atoms with Crippen molar-refractivity contribution in [1.82, 2.24) is 5.32 Å². The molecule has 2 aromatic carbocycles. The Morgan fingerprint density at radius 3 is 2.48 bits per heavy atom. The first-order valence-electron chi connectivity index (χ1n) is 9.31. The smallest absolute Gasteiger partial charge is 0.220 e. The number of benzene rings is 2. The van der Waals surface area contributed by atoms with E-state index < -0.39 is 9.84 Å². The third-order valence-corrected chi connectivity index (χ3v) is 6.12. The van der Waals surface area contributed by atoms with Gasteiger partial charge in [0.05, 0.1) is 4.90 Å². The second-order valence-corrected chi connectivity index (χ2v) is 9.06. The summed E-state index contributed by atoms with van der Waals surface area (Å²) in [6.07, 6.45) is 4.42. The van der Waals surface area contributed by atoms with E-state index in [1.54, 1.807) is 24.3 Å². The third kappa shape index (κ3) is 5.32. The quantitative estimate of drug-likeness (QED) is 0.795. The van der Waals surface area contributed by atoms with E-state index in [4.69, 9.17) is 0 Å². The Morgan fingerprint density at radius 1 is 1.11 bits per heavy atom. The first kappa shape index (κ1) is 19.4. The zero-order valence-corrected chi connectivity index (χ0v) is 16.4. The molecule has 1 aliphatic rings. The minimum atomic E-state index is -3.18. The van der Waals surface area contributed by atoms with Gasteiger partial charge in [0.1, 0.15) is 0 Å². The van der Waals surface area contributed by atoms with Crippen molar-refractivity contribution in [2.45, 2.75) is 36.6 Å². The van der Waals surface area contributed by atoms with Gasteiger partial charge in [-0.25, -0.2) is 8.42 Å². The molecule has 0 spiro atoms. The van der Waals surface area contributed by atoms with Gasteiger partial charge in [0.15, 0.2) is 9.84 Å². The summed E-state index contributed by atoms with van der Waals surface area (Å²) in [5.74, 6) is 0.0297. The van der Waals surface area contributed by atoms with Crippen molar-refractivity contribution >= 4 is 21.4 Å². The highest BCUT2D eigenvalue weighted by Gasteiger charge is 2.24. The van der Waals surface area contributed by atoms with Crippen LogP contribution < -0.4 is 10.2 Å². The largest absolute Gasteiger partial charge is 0.367 e. The van der Waals surface area contributed by atoms with Gasteiger partial charge in [-0.15, -0.1) is 0 Å². The van der Waals surface area contributed by atoms with Gasteiger partial charge >= 0.3 is 0 Å². The second-order valence-electron chi connectivity index (χ2n) is 7.05. The van der Waals surface area contributed by atoms with Crippen LogP contribution in [-0.4, -0.2) is 39.7 Å². The molecule has 1 heterocycles. The van der Waals surface area contributed by atoms with Gasteiger partial charge in [-0.1, -0.05) is 30.3 Å². The summed E-state index contributed by atoms with van der Waals surface area (Å²) >= 11 is 0. The minimum absolute atomic E-state index is 0.0297. The zero-order chi connectivity index (χ0) is 19.3. The Morgan fingerprint density at radius 2 is 1.81 bits per heavy atom. The highest BCUT2D eigenvalue weighted by molar-refractivity contribution is 7.90. The van der Waals surface area contributed by atoms with Gasteiger partial charge < -0.3 is 10.2 Å². The Hall–Kier alpha value is -2.34. The Balaban J connectivity index is 1.47. The van der Waals surface area contributed by atoms with Gasteiger partial charge in [0.2, 0.25) is 5.91 Å². The highest BCUT2D eigenvalue weighted by atomic mass is 32.2. The maximum Gasteiger partial charge on any atom is 0.220 e. The molecular weight excluding hydrogens is 360 g/mol. The number of nitrogens with zero attached hydrogens (tertiary/aromatic N) is 1. The molecule has 27 heavy (non-hydrogen) atoms. The normalized spacial score (nSPS) is 17.1. The van der Waals surface area contributed by atoms with E-state index in [0.717, 1.165) is 24.9 Å². The van der Waals surface area contributed by atoms with E-state index in [0.29, 0.717) is 30.3 Å². The van der Waals surface area contributed by atoms with Crippen molar-refractivity contribution in [2.24, 2.45) is 0 Å². The van der Waals surface area contributed by atoms with Crippen LogP contribution in [0.5, 0.6) is 0 Å². The van der Waals surface area contributed by atoms with E-state index in [-0.39, 0.29) is 5.91 Å². The molecule has 1 unspecified atom stereocenters. The van der Waals surface area contributed by atoms with E-state index in [1.807, 2.05) is 18.2 Å². The van der Waals surface area contributed by atoms with Crippen molar-refractivity contribution in [1.29, 1.82) is 0 Å². The fourth-order valence-electron chi connectivity index (χ4n) is 3.49. The van der Waals surface area contributed by atoms with Gasteiger partial charge in [-0.3, -0.25) is 4.79 Å². The van der Waals surface area contributed by atoms with Crippen LogP contribution in [0.25, 0.3) is 0 Å². The topological polar surface area (TPSA) is 66.5 Å². The lowest BCUT2D eigenvalue weighted by atomic mass is 10.1. The van der Waals surface area contributed by atoms with E-state index in [9.17, 15) is 13.2 Å². The molecule has 0 saturated carbocycles. The van der Waals surface area contributed by atoms with Crippen molar-refractivity contribution in [2.75, 3.05) is 24.2 Å². The molecular formula is C21H26N2O3S. The molecule has 1 amide bonds. The number of anilines is 1. The summed E-state index contributed by atoms with van der Waals surface area (Å²) < 4.78 is 23.0. The molecule has 3 rings (SSSR count). The molecule has 144 valence electrons. The maximum atomic E-state index is 12.2. The number of nitrogens with one attached hydrogen (secondary N) is 1. The van der Waals surface area contributed by atoms with Crippen molar-refractivity contribution < 1.29 is 13.2 Å². The van der Waals surface area contributed by atoms with Crippen LogP contribution in [-0.2, 0) is 21.1 Å². The molecule has 1 N–H and O–H groups in total. The molecule has 1 fully saturated rings. The molecule has 1 aliphatic heterocycles. The van der Waals surface area contributed by atoms with Gasteiger partial charge in [-0.2, -0.15) is 0 Å². The standard InChI is InChI=1S/C21H26N2O3S/c1-27(25,26)20-12-9-17(10-13-20)11-14-21(24)22-16-19-8-5-15-23(19)18-6-3-2-4-7-18/h2-4,6-7,9-10,12-13,19H,5,8,11,14-16H2,1H3,(H,22,24). The van der Waals surface area contributed by atoms with E-state index >= 15 is 0 Å². The third-order valence-electron chi connectivity index (χ3n) is 4.99. The molecule has 2 aromatic rings. The second kappa shape index (κ2) is 8.57. The molecule has 5 nitrogen and oxygen atoms in total. The number of carbonyl (C=O) groups is 1. The SMILES string of the molecule is CS(=O)(=O)c1ccc(CCC(=O)NCC2CCCN2c2ccccc2)cc1. The zero-order valence-electron chi connectivity index (χ0n) is 15.6. The lowest BCUT2D eigenvalue weighted by Gasteiger charge is -2.27. The van der Waals surface area contributed by atoms with Crippen LogP contribution in [0.2, 0.25) is 0 Å². The average molecular weight is 387 g/mol. The number of rotatable bonds is 7. The molecule has 0 radical (unpaired) electrons. The summed E-state index contributed by atoms with van der Waals surface area (Å²) in [5.41, 5.74) is 2.17. The Kier molecular flexibility index (Phi) is 6.16. The van der Waals surface area contributed by atoms with Gasteiger partial charge in [0.25, 0.3) is 0 Å². The van der Waals surface area contributed by atoms with E-state index in [2.05, 4.69) is 22.3 Å². The predicted octanol–water partition coefficient (Wildman–Crippen LogP) is 2.81. The average Bonchev–Trinajstić information content (AvgIpc) is 3.13. The predicted molar refractivity (Wildman–Crippen MR) is 108 cm³/mol. The van der Waals surface area contributed by atoms with Crippen LogP contribution in [0.4, 0.5) is 5.69 Å². The van der Waals surface area contributed by atoms with Crippen molar-refractivity contribution in [3.8, 4) is 0 Å². The maximum absolute atomic E-state index is 12.2. The summed E-state index contributed by atoms with van der Waals surface area (Å²) in [6, 6.07) is 17.4. The molecule has 0 aliphatic carbocycles. The summed E-state index contributed by atoms with van der Waals surface area (Å²) in [7, 11) is -3.18. The summed E-state index contributed by atoms with van der Waals surface area (Å²) in [5, 5.41) is 3.05. The van der Waals surface area contributed by atoms with Crippen molar-refractivity contribution in [3.63, 3.8) is 0 Å². The lowest BCUT2D eigenvalue weighted by molar-refractivity contribution is -0.121. The molecule has 1 saturated heterocycles. The number of carbonyl (C=O) groups excluding carboxylic acids is 1. The first-order valence-corrected chi connectivity index (χ1v) is 11.2. The van der Waals surface area contributed by atoms with E-state index in [1.165, 1.54) is 11.9 Å².